The van der Waals surface area contributed by atoms with E-state index in [1.807, 2.05) is 44.2 Å². The van der Waals surface area contributed by atoms with Crippen molar-refractivity contribution in [2.75, 3.05) is 0 Å². The Hall–Kier alpha value is -1.84. The van der Waals surface area contributed by atoms with Crippen molar-refractivity contribution < 1.29 is 14.7 Å². The van der Waals surface area contributed by atoms with Crippen LogP contribution < -0.4 is 0 Å². The Morgan fingerprint density at radius 2 is 1.90 bits per heavy atom. The number of carbonyl (C=O) groups is 2. The number of nitrogens with zero attached hydrogens (tertiary/aromatic N) is 1. The van der Waals surface area contributed by atoms with Gasteiger partial charge in [0, 0.05) is 18.5 Å². The summed E-state index contributed by atoms with van der Waals surface area (Å²) in [5.74, 6) is 0.112. The van der Waals surface area contributed by atoms with E-state index in [0.717, 1.165) is 5.56 Å². The minimum atomic E-state index is -0.922. The molecule has 1 N–H and O–H groups in total. The molecule has 2 atom stereocenters. The zero-order valence-electron chi connectivity index (χ0n) is 12.2. The van der Waals surface area contributed by atoms with E-state index in [-0.39, 0.29) is 23.2 Å². The van der Waals surface area contributed by atoms with Crippen LogP contribution in [0, 0.1) is 11.3 Å². The van der Waals surface area contributed by atoms with E-state index >= 15 is 0 Å². The summed E-state index contributed by atoms with van der Waals surface area (Å²) in [5, 5.41) is 9.47. The Bertz CT molecular complexity index is 510. The van der Waals surface area contributed by atoms with E-state index in [1.54, 1.807) is 6.92 Å². The van der Waals surface area contributed by atoms with Gasteiger partial charge in [0.25, 0.3) is 0 Å². The lowest BCUT2D eigenvalue weighted by molar-refractivity contribution is -0.138. The summed E-state index contributed by atoms with van der Waals surface area (Å²) in [6.07, 6.45) is -0.296. The second-order valence-electron chi connectivity index (χ2n) is 6.13. The highest BCUT2D eigenvalue weighted by atomic mass is 16.4. The van der Waals surface area contributed by atoms with Crippen LogP contribution in [0.25, 0.3) is 0 Å². The lowest BCUT2D eigenvalue weighted by Gasteiger charge is -2.54. The van der Waals surface area contributed by atoms with Gasteiger partial charge in [-0.05, 0) is 24.3 Å². The second-order valence-corrected chi connectivity index (χ2v) is 6.13. The lowest BCUT2D eigenvalue weighted by Crippen LogP contribution is -2.61. The third-order valence-corrected chi connectivity index (χ3v) is 4.52. The first kappa shape index (κ1) is 14.6. The Kier molecular flexibility index (Phi) is 3.84. The van der Waals surface area contributed by atoms with Crippen LogP contribution in [0.1, 0.15) is 32.8 Å². The molecule has 1 aliphatic carbocycles. The molecule has 1 aliphatic rings. The highest BCUT2D eigenvalue weighted by molar-refractivity contribution is 5.81. The molecule has 0 spiro atoms. The van der Waals surface area contributed by atoms with Gasteiger partial charge in [-0.25, -0.2) is 4.79 Å². The van der Waals surface area contributed by atoms with Gasteiger partial charge in [0.05, 0.1) is 0 Å². The molecule has 1 amide bonds. The molecule has 0 heterocycles. The average Bonchev–Trinajstić information content (AvgIpc) is 2.37. The zero-order chi connectivity index (χ0) is 14.9. The molecule has 4 nitrogen and oxygen atoms in total. The number of hydrogen-bond acceptors (Lipinski definition) is 2. The first-order valence-corrected chi connectivity index (χ1v) is 6.88. The van der Waals surface area contributed by atoms with E-state index < -0.39 is 6.09 Å². The molecule has 1 fully saturated rings. The van der Waals surface area contributed by atoms with Gasteiger partial charge in [0.1, 0.15) is 5.78 Å². The van der Waals surface area contributed by atoms with Gasteiger partial charge in [-0.3, -0.25) is 4.79 Å². The standard InChI is InChI=1S/C16H21NO3/c1-11(18)13-9-14(16(13,2)3)17(15(19)20)10-12-7-5-4-6-8-12/h4-8,13-14H,9-10H2,1-3H3,(H,19,20)/t13-,14-/m0/s1. The van der Waals surface area contributed by atoms with Gasteiger partial charge in [0.15, 0.2) is 0 Å². The maximum atomic E-state index is 11.6. The van der Waals surface area contributed by atoms with Crippen molar-refractivity contribution in [2.45, 2.75) is 39.8 Å². The lowest BCUT2D eigenvalue weighted by atomic mass is 9.56. The number of carboxylic acid groups (broad SMARTS) is 1. The molecule has 108 valence electrons. The maximum absolute atomic E-state index is 11.6. The number of rotatable bonds is 4. The van der Waals surface area contributed by atoms with Gasteiger partial charge in [-0.1, -0.05) is 44.2 Å². The average molecular weight is 275 g/mol. The van der Waals surface area contributed by atoms with Crippen LogP contribution in [0.15, 0.2) is 30.3 Å². The summed E-state index contributed by atoms with van der Waals surface area (Å²) in [7, 11) is 0. The SMILES string of the molecule is CC(=O)[C@@H]1C[C@H](N(Cc2ccccc2)C(=O)O)C1(C)C. The fraction of sp³-hybridized carbons (Fsp3) is 0.500. The van der Waals surface area contributed by atoms with Crippen molar-refractivity contribution >= 4 is 11.9 Å². The van der Waals surface area contributed by atoms with E-state index in [2.05, 4.69) is 0 Å². The highest BCUT2D eigenvalue weighted by Crippen LogP contribution is 2.49. The molecule has 1 aromatic carbocycles. The van der Waals surface area contributed by atoms with Crippen LogP contribution in [0.3, 0.4) is 0 Å². The number of Topliss-reactive ketones (excluding diaryl/α,β-unsaturated/α-hetero) is 1. The molecule has 2 rings (SSSR count). The monoisotopic (exact) mass is 275 g/mol. The van der Waals surface area contributed by atoms with Crippen molar-refractivity contribution in [1.29, 1.82) is 0 Å². The van der Waals surface area contributed by atoms with Crippen LogP contribution >= 0.6 is 0 Å². The second kappa shape index (κ2) is 5.27. The topological polar surface area (TPSA) is 57.6 Å². The predicted octanol–water partition coefficient (Wildman–Crippen LogP) is 3.17. The molecule has 1 saturated carbocycles. The highest BCUT2D eigenvalue weighted by Gasteiger charge is 2.53. The van der Waals surface area contributed by atoms with Gasteiger partial charge >= 0.3 is 6.09 Å². The van der Waals surface area contributed by atoms with Gasteiger partial charge in [0.2, 0.25) is 0 Å². The van der Waals surface area contributed by atoms with E-state index in [1.165, 1.54) is 4.90 Å². The summed E-state index contributed by atoms with van der Waals surface area (Å²) < 4.78 is 0. The number of hydrogen-bond donors (Lipinski definition) is 1. The van der Waals surface area contributed by atoms with Crippen LogP contribution in [0.5, 0.6) is 0 Å². The van der Waals surface area contributed by atoms with E-state index in [0.29, 0.717) is 13.0 Å². The Morgan fingerprint density at radius 3 is 2.35 bits per heavy atom. The quantitative estimate of drug-likeness (QED) is 0.918. The summed E-state index contributed by atoms with van der Waals surface area (Å²) in [6.45, 7) is 5.92. The number of carbonyl (C=O) groups excluding carboxylic acids is 1. The summed E-state index contributed by atoms with van der Waals surface area (Å²) in [6, 6.07) is 9.45. The number of benzene rings is 1. The number of amides is 1. The summed E-state index contributed by atoms with van der Waals surface area (Å²) >= 11 is 0. The van der Waals surface area contributed by atoms with Crippen LogP contribution in [-0.4, -0.2) is 27.9 Å². The number of ketones is 1. The molecule has 0 radical (unpaired) electrons. The molecular weight excluding hydrogens is 254 g/mol. The largest absolute Gasteiger partial charge is 0.465 e. The molecule has 0 bridgehead atoms. The van der Waals surface area contributed by atoms with E-state index in [4.69, 9.17) is 0 Å². The van der Waals surface area contributed by atoms with Crippen molar-refractivity contribution in [3.05, 3.63) is 35.9 Å². The first-order valence-electron chi connectivity index (χ1n) is 6.88. The normalized spacial score (nSPS) is 23.8. The van der Waals surface area contributed by atoms with E-state index in [9.17, 15) is 14.7 Å². The molecule has 4 heteroatoms. The molecular formula is C16H21NO3. The van der Waals surface area contributed by atoms with Crippen LogP contribution in [0.4, 0.5) is 4.79 Å². The summed E-state index contributed by atoms with van der Waals surface area (Å²) in [4.78, 5) is 24.6. The molecule has 0 aromatic heterocycles. The third kappa shape index (κ3) is 2.55. The smallest absolute Gasteiger partial charge is 0.407 e. The molecule has 20 heavy (non-hydrogen) atoms. The fourth-order valence-corrected chi connectivity index (χ4v) is 3.21. The van der Waals surface area contributed by atoms with Crippen molar-refractivity contribution in [2.24, 2.45) is 11.3 Å². The maximum Gasteiger partial charge on any atom is 0.407 e. The third-order valence-electron chi connectivity index (χ3n) is 4.52. The fourth-order valence-electron chi connectivity index (χ4n) is 3.21. The minimum Gasteiger partial charge on any atom is -0.465 e. The van der Waals surface area contributed by atoms with Gasteiger partial charge in [-0.15, -0.1) is 0 Å². The van der Waals surface area contributed by atoms with Crippen molar-refractivity contribution in [3.63, 3.8) is 0 Å². The minimum absolute atomic E-state index is 0.0369. The Balaban J connectivity index is 2.15. The molecule has 0 unspecified atom stereocenters. The Labute approximate surface area is 119 Å². The van der Waals surface area contributed by atoms with Crippen LogP contribution in [0.2, 0.25) is 0 Å². The zero-order valence-corrected chi connectivity index (χ0v) is 12.2. The van der Waals surface area contributed by atoms with Crippen LogP contribution in [-0.2, 0) is 11.3 Å². The first-order chi connectivity index (χ1) is 9.34. The molecule has 0 saturated heterocycles. The van der Waals surface area contributed by atoms with Gasteiger partial charge < -0.3 is 10.0 Å². The Morgan fingerprint density at radius 1 is 1.30 bits per heavy atom. The molecule has 1 aromatic rings. The summed E-state index contributed by atoms with van der Waals surface area (Å²) in [5.41, 5.74) is 0.677. The van der Waals surface area contributed by atoms with Gasteiger partial charge in [-0.2, -0.15) is 0 Å². The predicted molar refractivity (Wildman–Crippen MR) is 76.4 cm³/mol. The molecule has 0 aliphatic heterocycles. The van der Waals surface area contributed by atoms with Crippen molar-refractivity contribution in [3.8, 4) is 0 Å². The van der Waals surface area contributed by atoms with Crippen molar-refractivity contribution in [1.82, 2.24) is 4.90 Å².